The highest BCUT2D eigenvalue weighted by Gasteiger charge is 2.04. The van der Waals surface area contributed by atoms with E-state index in [1.165, 1.54) is 0 Å². The summed E-state index contributed by atoms with van der Waals surface area (Å²) in [5.74, 6) is 0. The average Bonchev–Trinajstić information content (AvgIpc) is 3.19. The summed E-state index contributed by atoms with van der Waals surface area (Å²) in [6, 6.07) is 22.2. The molecule has 2 aromatic heterocycles. The molecule has 0 unspecified atom stereocenters. The molecule has 0 spiro atoms. The van der Waals surface area contributed by atoms with Gasteiger partial charge in [0.1, 0.15) is 5.69 Å². The highest BCUT2D eigenvalue weighted by atomic mass is 15.4. The van der Waals surface area contributed by atoms with Crippen molar-refractivity contribution in [2.75, 3.05) is 0 Å². The molecule has 0 atom stereocenters. The Morgan fingerprint density at radius 1 is 0.720 bits per heavy atom. The van der Waals surface area contributed by atoms with Crippen LogP contribution in [-0.2, 0) is 0 Å². The first-order valence-corrected chi connectivity index (χ1v) is 8.05. The molecule has 4 nitrogen and oxygen atoms in total. The van der Waals surface area contributed by atoms with Gasteiger partial charge in [0.25, 0.3) is 0 Å². The van der Waals surface area contributed by atoms with Crippen molar-refractivity contribution in [3.63, 3.8) is 0 Å². The van der Waals surface area contributed by atoms with Crippen molar-refractivity contribution in [2.24, 2.45) is 0 Å². The van der Waals surface area contributed by atoms with E-state index in [1.54, 1.807) is 17.1 Å². The Morgan fingerprint density at radius 2 is 1.40 bits per heavy atom. The lowest BCUT2D eigenvalue weighted by atomic mass is 10.1. The molecule has 4 aromatic rings. The Bertz CT molecular complexity index is 971. The number of hydrogen-bond acceptors (Lipinski definition) is 3. The first kappa shape index (κ1) is 15.0. The summed E-state index contributed by atoms with van der Waals surface area (Å²) in [5.41, 5.74) is 5.16. The Morgan fingerprint density at radius 3 is 2.12 bits per heavy atom. The van der Waals surface area contributed by atoms with Gasteiger partial charge in [0.05, 0.1) is 11.9 Å². The molecular formula is C21H16N4. The van der Waals surface area contributed by atoms with Crippen molar-refractivity contribution < 1.29 is 0 Å². The fourth-order valence-electron chi connectivity index (χ4n) is 2.54. The second-order valence-electron chi connectivity index (χ2n) is 5.62. The van der Waals surface area contributed by atoms with Crippen LogP contribution in [-0.4, -0.2) is 20.0 Å². The normalized spacial score (nSPS) is 11.0. The summed E-state index contributed by atoms with van der Waals surface area (Å²) in [6.07, 6.45) is 9.67. The van der Waals surface area contributed by atoms with Gasteiger partial charge in [-0.25, -0.2) is 4.68 Å². The first-order chi connectivity index (χ1) is 12.4. The van der Waals surface area contributed by atoms with Crippen molar-refractivity contribution in [2.45, 2.75) is 0 Å². The number of rotatable bonds is 4. The summed E-state index contributed by atoms with van der Waals surface area (Å²) in [5, 5.41) is 8.48. The van der Waals surface area contributed by atoms with Gasteiger partial charge in [-0.15, -0.1) is 5.10 Å². The smallest absolute Gasteiger partial charge is 0.113 e. The molecule has 0 radical (unpaired) electrons. The molecule has 4 heteroatoms. The summed E-state index contributed by atoms with van der Waals surface area (Å²) >= 11 is 0. The highest BCUT2D eigenvalue weighted by Crippen LogP contribution is 2.18. The van der Waals surface area contributed by atoms with E-state index in [-0.39, 0.29) is 0 Å². The van der Waals surface area contributed by atoms with Gasteiger partial charge in [0.2, 0.25) is 0 Å². The Hall–Kier alpha value is -3.53. The number of aromatic nitrogens is 4. The lowest BCUT2D eigenvalue weighted by Gasteiger charge is -2.00. The summed E-state index contributed by atoms with van der Waals surface area (Å²) in [4.78, 5) is 4.02. The quantitative estimate of drug-likeness (QED) is 0.555. The van der Waals surface area contributed by atoms with Gasteiger partial charge in [0.15, 0.2) is 0 Å². The lowest BCUT2D eigenvalue weighted by molar-refractivity contribution is 0.804. The molecule has 0 amide bonds. The minimum absolute atomic E-state index is 0.863. The largest absolute Gasteiger partial charge is 0.265 e. The Balaban J connectivity index is 1.53. The third-order valence-electron chi connectivity index (χ3n) is 3.89. The summed E-state index contributed by atoms with van der Waals surface area (Å²) in [6.45, 7) is 0. The molecule has 0 saturated carbocycles. The van der Waals surface area contributed by atoms with Crippen LogP contribution in [0.25, 0.3) is 29.1 Å². The Labute approximate surface area is 146 Å². The van der Waals surface area contributed by atoms with Crippen molar-refractivity contribution in [1.82, 2.24) is 20.0 Å². The predicted molar refractivity (Wildman–Crippen MR) is 100.0 cm³/mol. The van der Waals surface area contributed by atoms with Crippen LogP contribution in [0.15, 0.2) is 85.3 Å². The molecule has 0 bridgehead atoms. The topological polar surface area (TPSA) is 43.6 Å². The van der Waals surface area contributed by atoms with Crippen molar-refractivity contribution in [3.8, 4) is 16.9 Å². The first-order valence-electron chi connectivity index (χ1n) is 8.05. The fourth-order valence-corrected chi connectivity index (χ4v) is 2.54. The molecule has 0 aliphatic rings. The second kappa shape index (κ2) is 6.93. The van der Waals surface area contributed by atoms with Gasteiger partial charge >= 0.3 is 0 Å². The maximum Gasteiger partial charge on any atom is 0.113 e. The van der Waals surface area contributed by atoms with E-state index in [1.807, 2.05) is 60.8 Å². The van der Waals surface area contributed by atoms with Crippen LogP contribution in [0.3, 0.4) is 0 Å². The second-order valence-corrected chi connectivity index (χ2v) is 5.62. The van der Waals surface area contributed by atoms with Crippen molar-refractivity contribution >= 4 is 12.2 Å². The van der Waals surface area contributed by atoms with E-state index in [2.05, 4.69) is 39.6 Å². The Kier molecular flexibility index (Phi) is 4.16. The van der Waals surface area contributed by atoms with Gasteiger partial charge < -0.3 is 0 Å². The van der Waals surface area contributed by atoms with E-state index >= 15 is 0 Å². The molecule has 0 saturated heterocycles. The summed E-state index contributed by atoms with van der Waals surface area (Å²) < 4.78 is 1.79. The molecule has 25 heavy (non-hydrogen) atoms. The number of hydrogen-bond donors (Lipinski definition) is 0. The molecule has 0 aliphatic heterocycles. The predicted octanol–water partition coefficient (Wildman–Crippen LogP) is 4.50. The molecule has 0 aliphatic carbocycles. The van der Waals surface area contributed by atoms with E-state index in [4.69, 9.17) is 0 Å². The van der Waals surface area contributed by atoms with E-state index in [0.29, 0.717) is 0 Å². The maximum absolute atomic E-state index is 4.25. The van der Waals surface area contributed by atoms with Gasteiger partial charge in [0, 0.05) is 18.0 Å². The van der Waals surface area contributed by atoms with Crippen molar-refractivity contribution in [3.05, 3.63) is 96.4 Å². The zero-order valence-electron chi connectivity index (χ0n) is 13.5. The monoisotopic (exact) mass is 324 g/mol. The van der Waals surface area contributed by atoms with E-state index in [9.17, 15) is 0 Å². The fraction of sp³-hybridized carbons (Fsp3) is 0. The molecular weight excluding hydrogens is 308 g/mol. The van der Waals surface area contributed by atoms with Crippen LogP contribution in [0.4, 0.5) is 0 Å². The minimum atomic E-state index is 0.863. The zero-order valence-corrected chi connectivity index (χ0v) is 13.5. The van der Waals surface area contributed by atoms with Crippen LogP contribution >= 0.6 is 0 Å². The maximum atomic E-state index is 4.25. The van der Waals surface area contributed by atoms with Crippen LogP contribution < -0.4 is 0 Å². The SMILES string of the molecule is C(=C\c1ccc(-n2cc(-c3ccccc3)nn2)cc1)/c1ccncc1. The van der Waals surface area contributed by atoms with E-state index in [0.717, 1.165) is 28.1 Å². The molecule has 120 valence electrons. The lowest BCUT2D eigenvalue weighted by Crippen LogP contribution is -1.94. The van der Waals surface area contributed by atoms with Gasteiger partial charge in [-0.2, -0.15) is 0 Å². The van der Waals surface area contributed by atoms with Crippen LogP contribution in [0.2, 0.25) is 0 Å². The van der Waals surface area contributed by atoms with Gasteiger partial charge in [-0.1, -0.05) is 59.8 Å². The number of nitrogens with zero attached hydrogens (tertiary/aromatic N) is 4. The molecule has 0 N–H and O–H groups in total. The molecule has 4 rings (SSSR count). The third-order valence-corrected chi connectivity index (χ3v) is 3.89. The minimum Gasteiger partial charge on any atom is -0.265 e. The highest BCUT2D eigenvalue weighted by molar-refractivity contribution is 5.69. The van der Waals surface area contributed by atoms with Gasteiger partial charge in [-0.05, 0) is 35.4 Å². The molecule has 2 aromatic carbocycles. The van der Waals surface area contributed by atoms with Crippen LogP contribution in [0, 0.1) is 0 Å². The molecule has 0 fully saturated rings. The molecule has 2 heterocycles. The van der Waals surface area contributed by atoms with Crippen LogP contribution in [0.1, 0.15) is 11.1 Å². The van der Waals surface area contributed by atoms with E-state index < -0.39 is 0 Å². The third kappa shape index (κ3) is 3.53. The van der Waals surface area contributed by atoms with Crippen molar-refractivity contribution in [1.29, 1.82) is 0 Å². The standard InChI is InChI=1S/C21H16N4/c1-2-4-19(5-3-1)21-16-25(24-23-21)20-10-8-17(9-11-20)6-7-18-12-14-22-15-13-18/h1-16H/b7-6+. The zero-order chi connectivity index (χ0) is 16.9. The number of pyridine rings is 1. The van der Waals surface area contributed by atoms with Gasteiger partial charge in [-0.3, -0.25) is 4.98 Å². The summed E-state index contributed by atoms with van der Waals surface area (Å²) in [7, 11) is 0. The number of benzene rings is 2. The average molecular weight is 324 g/mol. The van der Waals surface area contributed by atoms with Crippen LogP contribution in [0.5, 0.6) is 0 Å².